The quantitative estimate of drug-likeness (QED) is 0.0585. The molecule has 0 aliphatic heterocycles. The van der Waals surface area contributed by atoms with Crippen molar-refractivity contribution in [1.82, 2.24) is 0 Å². The molecular weight excluding hydrogens is 652 g/mol. The summed E-state index contributed by atoms with van der Waals surface area (Å²) in [4.78, 5) is 11.4. The lowest BCUT2D eigenvalue weighted by Gasteiger charge is -2.11. The van der Waals surface area contributed by atoms with Crippen molar-refractivity contribution in [2.24, 2.45) is 0 Å². The molecule has 0 spiro atoms. The molecule has 0 fully saturated rings. The number of carbonyl (C=O) groups is 1. The number of ether oxygens (including phenoxy) is 4. The predicted molar refractivity (Wildman–Crippen MR) is 194 cm³/mol. The van der Waals surface area contributed by atoms with Gasteiger partial charge in [0.1, 0.15) is 23.9 Å². The number of halogens is 1. The first kappa shape index (κ1) is 33.8. The summed E-state index contributed by atoms with van der Waals surface area (Å²) in [5.41, 5.74) is 6.11. The van der Waals surface area contributed by atoms with E-state index in [2.05, 4.69) is 83.2 Å². The molecule has 242 valence electrons. The molecule has 0 aliphatic rings. The van der Waals surface area contributed by atoms with Crippen molar-refractivity contribution in [3.05, 3.63) is 125 Å². The Kier molecular flexibility index (Phi) is 12.1. The van der Waals surface area contributed by atoms with Crippen molar-refractivity contribution < 1.29 is 23.7 Å². The first-order valence-corrected chi connectivity index (χ1v) is 16.9. The Bertz CT molecular complexity index is 1790. The number of carbonyl (C=O) groups excluding carboxylic acids is 1. The van der Waals surface area contributed by atoms with Crippen LogP contribution in [0.5, 0.6) is 17.2 Å². The van der Waals surface area contributed by atoms with Gasteiger partial charge in [-0.1, -0.05) is 77.1 Å². The van der Waals surface area contributed by atoms with E-state index in [0.29, 0.717) is 32.0 Å². The molecule has 5 nitrogen and oxygen atoms in total. The van der Waals surface area contributed by atoms with Gasteiger partial charge in [0.15, 0.2) is 0 Å². The van der Waals surface area contributed by atoms with Gasteiger partial charge in [-0.3, -0.25) is 0 Å². The standard InChI is InChI=1S/C41H41BrO5/c1-4-44-36-18-9-30(10-19-36)28-47-38-21-22-39(40(42)27-38)32-13-11-31(12-14-32)33-15-16-35-26-37(20-17-34(35)25-33)45-23-7-5-6-8-24-46-41(43)29(2)3/h9-22,25-27H,2,4-8,23-24,28H2,1,3H3. The average Bonchev–Trinajstić information content (AvgIpc) is 3.09. The van der Waals surface area contributed by atoms with Gasteiger partial charge in [0.2, 0.25) is 0 Å². The molecular formula is C41H41BrO5. The highest BCUT2D eigenvalue weighted by Gasteiger charge is 2.08. The average molecular weight is 694 g/mol. The number of unbranched alkanes of at least 4 members (excludes halogenated alkanes) is 3. The molecule has 0 aromatic heterocycles. The first-order chi connectivity index (χ1) is 22.9. The molecule has 0 unspecified atom stereocenters. The molecule has 5 aromatic rings. The Balaban J connectivity index is 1.12. The van der Waals surface area contributed by atoms with Gasteiger partial charge < -0.3 is 18.9 Å². The third-order valence-corrected chi connectivity index (χ3v) is 8.47. The van der Waals surface area contributed by atoms with Gasteiger partial charge in [-0.2, -0.15) is 0 Å². The SMILES string of the molecule is C=C(C)C(=O)OCCCCCCOc1ccc2cc(-c3ccc(-c4ccc(OCc5ccc(OCC)cc5)cc4Br)cc3)ccc2c1. The molecule has 0 amide bonds. The van der Waals surface area contributed by atoms with Gasteiger partial charge >= 0.3 is 5.97 Å². The van der Waals surface area contributed by atoms with E-state index in [0.717, 1.165) is 75.0 Å². The second kappa shape index (κ2) is 16.8. The molecule has 5 rings (SSSR count). The maximum absolute atomic E-state index is 11.4. The van der Waals surface area contributed by atoms with Gasteiger partial charge in [-0.05, 0) is 127 Å². The minimum Gasteiger partial charge on any atom is -0.494 e. The van der Waals surface area contributed by atoms with Crippen LogP contribution in [-0.4, -0.2) is 25.8 Å². The van der Waals surface area contributed by atoms with E-state index in [4.69, 9.17) is 18.9 Å². The number of fused-ring (bicyclic) bond motifs is 1. The molecule has 0 aliphatic carbocycles. The van der Waals surface area contributed by atoms with E-state index in [9.17, 15) is 4.79 Å². The predicted octanol–water partition coefficient (Wildman–Crippen LogP) is 11.0. The summed E-state index contributed by atoms with van der Waals surface area (Å²) < 4.78 is 23.7. The van der Waals surface area contributed by atoms with Crippen LogP contribution >= 0.6 is 15.9 Å². The van der Waals surface area contributed by atoms with Crippen LogP contribution in [0.2, 0.25) is 0 Å². The van der Waals surface area contributed by atoms with Gasteiger partial charge in [-0.15, -0.1) is 0 Å². The third kappa shape index (κ3) is 9.72. The second-order valence-electron chi connectivity index (χ2n) is 11.5. The van der Waals surface area contributed by atoms with Crippen LogP contribution in [0.1, 0.15) is 45.1 Å². The highest BCUT2D eigenvalue weighted by molar-refractivity contribution is 9.10. The molecule has 0 saturated carbocycles. The van der Waals surface area contributed by atoms with Crippen LogP contribution in [0.25, 0.3) is 33.0 Å². The second-order valence-corrected chi connectivity index (χ2v) is 12.3. The highest BCUT2D eigenvalue weighted by Crippen LogP contribution is 2.34. The Morgan fingerprint density at radius 2 is 1.26 bits per heavy atom. The van der Waals surface area contributed by atoms with Crippen LogP contribution in [-0.2, 0) is 16.1 Å². The van der Waals surface area contributed by atoms with Gasteiger partial charge in [-0.25, -0.2) is 4.79 Å². The van der Waals surface area contributed by atoms with E-state index in [-0.39, 0.29) is 5.97 Å². The summed E-state index contributed by atoms with van der Waals surface area (Å²) in [5.74, 6) is 2.24. The van der Waals surface area contributed by atoms with Gasteiger partial charge in [0.25, 0.3) is 0 Å². The summed E-state index contributed by atoms with van der Waals surface area (Å²) in [6.45, 7) is 9.49. The molecule has 0 saturated heterocycles. The topological polar surface area (TPSA) is 54.0 Å². The summed E-state index contributed by atoms with van der Waals surface area (Å²) >= 11 is 3.75. The van der Waals surface area contributed by atoms with E-state index in [1.54, 1.807) is 6.92 Å². The number of benzene rings is 5. The summed E-state index contributed by atoms with van der Waals surface area (Å²) in [6.07, 6.45) is 3.84. The summed E-state index contributed by atoms with van der Waals surface area (Å²) in [6, 6.07) is 35.6. The van der Waals surface area contributed by atoms with Crippen LogP contribution < -0.4 is 14.2 Å². The van der Waals surface area contributed by atoms with Crippen molar-refractivity contribution in [3.63, 3.8) is 0 Å². The molecule has 0 bridgehead atoms. The van der Waals surface area contributed by atoms with Crippen LogP contribution in [0.15, 0.2) is 120 Å². The molecule has 5 aromatic carbocycles. The molecule has 0 atom stereocenters. The normalized spacial score (nSPS) is 10.9. The Hall–Kier alpha value is -4.55. The van der Waals surface area contributed by atoms with Crippen molar-refractivity contribution in [2.75, 3.05) is 19.8 Å². The molecule has 6 heteroatoms. The zero-order chi connectivity index (χ0) is 33.0. The van der Waals surface area contributed by atoms with Crippen LogP contribution in [0.3, 0.4) is 0 Å². The van der Waals surface area contributed by atoms with Crippen molar-refractivity contribution in [2.45, 2.75) is 46.1 Å². The Morgan fingerprint density at radius 1 is 0.638 bits per heavy atom. The Labute approximate surface area is 286 Å². The van der Waals surface area contributed by atoms with Crippen molar-refractivity contribution >= 4 is 32.7 Å². The molecule has 47 heavy (non-hydrogen) atoms. The maximum atomic E-state index is 11.4. The fourth-order valence-electron chi connectivity index (χ4n) is 5.21. The smallest absolute Gasteiger partial charge is 0.333 e. The van der Waals surface area contributed by atoms with E-state index in [1.807, 2.05) is 49.4 Å². The van der Waals surface area contributed by atoms with Crippen LogP contribution in [0.4, 0.5) is 0 Å². The highest BCUT2D eigenvalue weighted by atomic mass is 79.9. The third-order valence-electron chi connectivity index (χ3n) is 7.81. The lowest BCUT2D eigenvalue weighted by Crippen LogP contribution is -2.06. The van der Waals surface area contributed by atoms with E-state index >= 15 is 0 Å². The monoisotopic (exact) mass is 692 g/mol. The summed E-state index contributed by atoms with van der Waals surface area (Å²) in [7, 11) is 0. The lowest BCUT2D eigenvalue weighted by atomic mass is 9.98. The first-order valence-electron chi connectivity index (χ1n) is 16.1. The number of hydrogen-bond donors (Lipinski definition) is 0. The van der Waals surface area contributed by atoms with Gasteiger partial charge in [0, 0.05) is 10.0 Å². The molecule has 0 heterocycles. The Morgan fingerprint density at radius 3 is 1.98 bits per heavy atom. The van der Waals surface area contributed by atoms with Crippen molar-refractivity contribution in [3.8, 4) is 39.5 Å². The lowest BCUT2D eigenvalue weighted by molar-refractivity contribution is -0.139. The largest absolute Gasteiger partial charge is 0.494 e. The van der Waals surface area contributed by atoms with Crippen LogP contribution in [0, 0.1) is 0 Å². The minimum atomic E-state index is -0.315. The maximum Gasteiger partial charge on any atom is 0.333 e. The molecule has 0 N–H and O–H groups in total. The van der Waals surface area contributed by atoms with E-state index in [1.165, 1.54) is 10.9 Å². The van der Waals surface area contributed by atoms with E-state index < -0.39 is 0 Å². The zero-order valence-corrected chi connectivity index (χ0v) is 28.7. The zero-order valence-electron chi connectivity index (χ0n) is 27.1. The fourth-order valence-corrected chi connectivity index (χ4v) is 5.79. The number of hydrogen-bond acceptors (Lipinski definition) is 5. The molecule has 0 radical (unpaired) electrons. The minimum absolute atomic E-state index is 0.315. The fraction of sp³-hybridized carbons (Fsp3) is 0.244. The summed E-state index contributed by atoms with van der Waals surface area (Å²) in [5, 5.41) is 2.32. The van der Waals surface area contributed by atoms with Crippen molar-refractivity contribution in [1.29, 1.82) is 0 Å². The number of rotatable bonds is 16. The van der Waals surface area contributed by atoms with Gasteiger partial charge in [0.05, 0.1) is 19.8 Å². The number of esters is 1.